The van der Waals surface area contributed by atoms with Gasteiger partial charge in [-0.1, -0.05) is 48.5 Å². The van der Waals surface area contributed by atoms with Gasteiger partial charge in [-0.15, -0.1) is 12.3 Å². The smallest absolute Gasteiger partial charge is 0.407 e. The fraction of sp³-hybridized carbons (Fsp3) is 0.320. The van der Waals surface area contributed by atoms with Gasteiger partial charge in [0, 0.05) is 32.4 Å². The Morgan fingerprint density at radius 3 is 2.24 bits per heavy atom. The van der Waals surface area contributed by atoms with Gasteiger partial charge in [-0.3, -0.25) is 4.79 Å². The van der Waals surface area contributed by atoms with Crippen molar-refractivity contribution in [1.29, 1.82) is 0 Å². The molecule has 33 heavy (non-hydrogen) atoms. The van der Waals surface area contributed by atoms with E-state index in [9.17, 15) is 14.4 Å². The van der Waals surface area contributed by atoms with E-state index in [-0.39, 0.29) is 31.9 Å². The van der Waals surface area contributed by atoms with Gasteiger partial charge >= 0.3 is 12.1 Å². The molecule has 2 aromatic carbocycles. The van der Waals surface area contributed by atoms with Crippen LogP contribution >= 0.6 is 0 Å². The van der Waals surface area contributed by atoms with Crippen LogP contribution in [-0.4, -0.2) is 55.5 Å². The SMILES string of the molecule is C#CCC(NC(=O)OCC1c2ccccc2-c2ccccc21)C(=O)NCCC(OC)C(=O)O. The van der Waals surface area contributed by atoms with E-state index in [2.05, 4.69) is 16.6 Å². The zero-order chi connectivity index (χ0) is 23.8. The number of fused-ring (bicyclic) bond motifs is 3. The molecule has 1 aliphatic carbocycles. The number of ether oxygens (including phenoxy) is 2. The van der Waals surface area contributed by atoms with Gasteiger partial charge in [-0.05, 0) is 22.3 Å². The molecule has 0 heterocycles. The van der Waals surface area contributed by atoms with Crippen molar-refractivity contribution in [2.45, 2.75) is 30.9 Å². The van der Waals surface area contributed by atoms with E-state index in [1.54, 1.807) is 0 Å². The fourth-order valence-electron chi connectivity index (χ4n) is 3.90. The summed E-state index contributed by atoms with van der Waals surface area (Å²) in [6, 6.07) is 14.9. The molecule has 2 amide bonds. The van der Waals surface area contributed by atoms with Gasteiger partial charge in [0.15, 0.2) is 6.10 Å². The van der Waals surface area contributed by atoms with Crippen molar-refractivity contribution in [3.63, 3.8) is 0 Å². The van der Waals surface area contributed by atoms with Gasteiger partial charge in [0.25, 0.3) is 0 Å². The van der Waals surface area contributed by atoms with Crippen LogP contribution in [0.4, 0.5) is 4.79 Å². The first kappa shape index (κ1) is 23.8. The number of amides is 2. The average molecular weight is 450 g/mol. The standard InChI is InChI=1S/C25H26N2O6/c1-3-8-21(23(28)26-14-13-22(32-2)24(29)30)27-25(31)33-15-20-18-11-6-4-9-16(18)17-10-5-7-12-19(17)20/h1,4-7,9-12,20-22H,8,13-15H2,2H3,(H,26,28)(H,27,31)(H,29,30). The number of rotatable bonds is 10. The summed E-state index contributed by atoms with van der Waals surface area (Å²) in [6.45, 7) is 0.162. The monoisotopic (exact) mass is 450 g/mol. The summed E-state index contributed by atoms with van der Waals surface area (Å²) in [5, 5.41) is 14.1. The van der Waals surface area contributed by atoms with Crippen molar-refractivity contribution in [3.8, 4) is 23.5 Å². The maximum Gasteiger partial charge on any atom is 0.407 e. The molecule has 0 spiro atoms. The van der Waals surface area contributed by atoms with Crippen LogP contribution in [0.3, 0.4) is 0 Å². The summed E-state index contributed by atoms with van der Waals surface area (Å²) in [5.41, 5.74) is 4.39. The number of carboxylic acids is 1. The molecule has 8 nitrogen and oxygen atoms in total. The molecule has 0 aliphatic heterocycles. The molecule has 0 radical (unpaired) electrons. The quantitative estimate of drug-likeness (QED) is 0.480. The highest BCUT2D eigenvalue weighted by Crippen LogP contribution is 2.44. The van der Waals surface area contributed by atoms with Crippen LogP contribution in [0.25, 0.3) is 11.1 Å². The first-order valence-electron chi connectivity index (χ1n) is 10.5. The van der Waals surface area contributed by atoms with E-state index < -0.39 is 30.1 Å². The van der Waals surface area contributed by atoms with Crippen molar-refractivity contribution < 1.29 is 29.0 Å². The van der Waals surface area contributed by atoms with Crippen LogP contribution in [0, 0.1) is 12.3 Å². The topological polar surface area (TPSA) is 114 Å². The molecule has 8 heteroatoms. The summed E-state index contributed by atoms with van der Waals surface area (Å²) >= 11 is 0. The normalized spacial score (nSPS) is 13.7. The molecular formula is C25H26N2O6. The van der Waals surface area contributed by atoms with Crippen molar-refractivity contribution in [1.82, 2.24) is 10.6 Å². The Morgan fingerprint density at radius 2 is 1.70 bits per heavy atom. The van der Waals surface area contributed by atoms with E-state index in [0.717, 1.165) is 22.3 Å². The second-order valence-electron chi connectivity index (χ2n) is 7.57. The van der Waals surface area contributed by atoms with Crippen LogP contribution in [0.5, 0.6) is 0 Å². The molecule has 3 rings (SSSR count). The molecule has 0 saturated heterocycles. The van der Waals surface area contributed by atoms with E-state index >= 15 is 0 Å². The number of carbonyl (C=O) groups is 3. The number of hydrogen-bond donors (Lipinski definition) is 3. The Kier molecular flexibility index (Phi) is 8.06. The molecule has 3 N–H and O–H groups in total. The Morgan fingerprint density at radius 1 is 1.09 bits per heavy atom. The minimum absolute atomic E-state index is 0.0390. The number of aliphatic carboxylic acids is 1. The number of alkyl carbamates (subject to hydrolysis) is 1. The Labute approximate surface area is 192 Å². The molecule has 0 fully saturated rings. The maximum absolute atomic E-state index is 12.5. The Balaban J connectivity index is 1.57. The van der Waals surface area contributed by atoms with E-state index in [0.29, 0.717) is 0 Å². The fourth-order valence-corrected chi connectivity index (χ4v) is 3.90. The van der Waals surface area contributed by atoms with Gasteiger partial charge in [0.1, 0.15) is 12.6 Å². The Bertz CT molecular complexity index is 1020. The second-order valence-corrected chi connectivity index (χ2v) is 7.57. The van der Waals surface area contributed by atoms with Crippen molar-refractivity contribution >= 4 is 18.0 Å². The number of methoxy groups -OCH3 is 1. The predicted molar refractivity (Wildman–Crippen MR) is 122 cm³/mol. The van der Waals surface area contributed by atoms with Crippen LogP contribution in [0.1, 0.15) is 29.9 Å². The van der Waals surface area contributed by atoms with E-state index in [4.69, 9.17) is 21.0 Å². The first-order chi connectivity index (χ1) is 16.0. The van der Waals surface area contributed by atoms with Gasteiger partial charge in [0.2, 0.25) is 5.91 Å². The molecule has 0 bridgehead atoms. The molecule has 0 saturated carbocycles. The number of nitrogens with one attached hydrogen (secondary N) is 2. The maximum atomic E-state index is 12.5. The first-order valence-corrected chi connectivity index (χ1v) is 10.5. The highest BCUT2D eigenvalue weighted by molar-refractivity contribution is 5.86. The molecule has 172 valence electrons. The number of benzene rings is 2. The number of carboxylic acid groups (broad SMARTS) is 1. The van der Waals surface area contributed by atoms with Gasteiger partial charge in [-0.25, -0.2) is 9.59 Å². The highest BCUT2D eigenvalue weighted by atomic mass is 16.5. The third-order valence-corrected chi connectivity index (χ3v) is 5.54. The van der Waals surface area contributed by atoms with Gasteiger partial charge in [0.05, 0.1) is 0 Å². The van der Waals surface area contributed by atoms with Crippen molar-refractivity contribution in [2.24, 2.45) is 0 Å². The summed E-state index contributed by atoms with van der Waals surface area (Å²) in [6.07, 6.45) is 3.58. The lowest BCUT2D eigenvalue weighted by molar-refractivity contribution is -0.149. The summed E-state index contributed by atoms with van der Waals surface area (Å²) in [7, 11) is 1.28. The zero-order valence-corrected chi connectivity index (χ0v) is 18.2. The number of carbonyl (C=O) groups excluding carboxylic acids is 2. The van der Waals surface area contributed by atoms with Crippen molar-refractivity contribution in [2.75, 3.05) is 20.3 Å². The average Bonchev–Trinajstić information content (AvgIpc) is 3.13. The molecule has 0 aromatic heterocycles. The van der Waals surface area contributed by atoms with Gasteiger partial charge < -0.3 is 25.2 Å². The summed E-state index contributed by atoms with van der Waals surface area (Å²) < 4.78 is 10.3. The van der Waals surface area contributed by atoms with Crippen LogP contribution < -0.4 is 10.6 Å². The summed E-state index contributed by atoms with van der Waals surface area (Å²) in [5.74, 6) is 0.602. The van der Waals surface area contributed by atoms with Crippen molar-refractivity contribution in [3.05, 3.63) is 59.7 Å². The molecule has 2 unspecified atom stereocenters. The lowest BCUT2D eigenvalue weighted by atomic mass is 9.98. The van der Waals surface area contributed by atoms with Crippen LogP contribution in [0.2, 0.25) is 0 Å². The molecular weight excluding hydrogens is 424 g/mol. The largest absolute Gasteiger partial charge is 0.479 e. The number of hydrogen-bond acceptors (Lipinski definition) is 5. The Hall–Kier alpha value is -3.83. The molecule has 2 aromatic rings. The molecule has 2 atom stereocenters. The van der Waals surface area contributed by atoms with E-state index in [1.165, 1.54) is 7.11 Å². The zero-order valence-electron chi connectivity index (χ0n) is 18.2. The highest BCUT2D eigenvalue weighted by Gasteiger charge is 2.29. The predicted octanol–water partition coefficient (Wildman–Crippen LogP) is 2.52. The van der Waals surface area contributed by atoms with Crippen LogP contribution in [-0.2, 0) is 19.1 Å². The lowest BCUT2D eigenvalue weighted by Gasteiger charge is -2.19. The minimum Gasteiger partial charge on any atom is -0.479 e. The third kappa shape index (κ3) is 5.70. The minimum atomic E-state index is -1.12. The second kappa shape index (κ2) is 11.2. The lowest BCUT2D eigenvalue weighted by Crippen LogP contribution is -2.47. The summed E-state index contributed by atoms with van der Waals surface area (Å²) in [4.78, 5) is 35.9. The number of terminal acetylenes is 1. The third-order valence-electron chi connectivity index (χ3n) is 5.54. The van der Waals surface area contributed by atoms with Crippen LogP contribution in [0.15, 0.2) is 48.5 Å². The molecule has 1 aliphatic rings. The van der Waals surface area contributed by atoms with E-state index in [1.807, 2.05) is 48.5 Å². The van der Waals surface area contributed by atoms with Gasteiger partial charge in [-0.2, -0.15) is 0 Å².